The Morgan fingerprint density at radius 2 is 2.04 bits per heavy atom. The largest absolute Gasteiger partial charge is 0.379 e. The maximum atomic E-state index is 11.6. The quantitative estimate of drug-likeness (QED) is 0.561. The van der Waals surface area contributed by atoms with Gasteiger partial charge in [-0.2, -0.15) is 0 Å². The van der Waals surface area contributed by atoms with Crippen molar-refractivity contribution in [1.29, 1.82) is 0 Å². The highest BCUT2D eigenvalue weighted by Crippen LogP contribution is 2.30. The van der Waals surface area contributed by atoms with Gasteiger partial charge in [0.1, 0.15) is 12.1 Å². The molecule has 26 heavy (non-hydrogen) atoms. The zero-order valence-electron chi connectivity index (χ0n) is 14.5. The molecule has 0 spiro atoms. The van der Waals surface area contributed by atoms with Crippen LogP contribution in [0.15, 0.2) is 24.7 Å². The summed E-state index contributed by atoms with van der Waals surface area (Å²) in [4.78, 5) is 25.5. The normalized spacial score (nSPS) is 14.8. The fraction of sp³-hybridized carbons (Fsp3) is 0.438. The second kappa shape index (κ2) is 8.50. The van der Waals surface area contributed by atoms with Crippen LogP contribution >= 0.6 is 0 Å². The predicted octanol–water partition coefficient (Wildman–Crippen LogP) is 1.58. The van der Waals surface area contributed by atoms with Gasteiger partial charge in [0.25, 0.3) is 0 Å². The summed E-state index contributed by atoms with van der Waals surface area (Å²) in [5, 5.41) is 17.5. The molecular formula is C16H21N7O3. The number of morpholine rings is 1. The number of nitro groups is 1. The third-order valence-electron chi connectivity index (χ3n) is 3.99. The fourth-order valence-electron chi connectivity index (χ4n) is 2.66. The molecule has 2 aromatic rings. The van der Waals surface area contributed by atoms with Crippen LogP contribution in [0.3, 0.4) is 0 Å². The van der Waals surface area contributed by atoms with E-state index in [0.29, 0.717) is 25.6 Å². The van der Waals surface area contributed by atoms with Gasteiger partial charge in [-0.1, -0.05) is 0 Å². The maximum Gasteiger partial charge on any atom is 0.353 e. The second-order valence-corrected chi connectivity index (χ2v) is 5.90. The molecule has 2 aromatic heterocycles. The van der Waals surface area contributed by atoms with Crippen LogP contribution in [0.25, 0.3) is 0 Å². The Bertz CT molecular complexity index is 765. The number of ether oxygens (including phenoxy) is 1. The molecule has 3 heterocycles. The predicted molar refractivity (Wildman–Crippen MR) is 96.7 cm³/mol. The summed E-state index contributed by atoms with van der Waals surface area (Å²) in [6.07, 6.45) is 2.92. The standard InChI is InChI=1S/C16H21N7O3/c1-12-2-3-17-13(10-12)21-16-14(23(24)25)15(19-11-20-16)18-4-5-22-6-8-26-9-7-22/h2-3,10-11H,4-9H2,1H3,(H2,17,18,19,20,21). The molecule has 0 aromatic carbocycles. The van der Waals surface area contributed by atoms with E-state index in [-0.39, 0.29) is 17.3 Å². The summed E-state index contributed by atoms with van der Waals surface area (Å²) in [6, 6.07) is 3.63. The van der Waals surface area contributed by atoms with E-state index >= 15 is 0 Å². The van der Waals surface area contributed by atoms with Crippen LogP contribution < -0.4 is 10.6 Å². The molecule has 138 valence electrons. The smallest absolute Gasteiger partial charge is 0.353 e. The molecule has 0 aliphatic carbocycles. The van der Waals surface area contributed by atoms with Crippen molar-refractivity contribution in [1.82, 2.24) is 19.9 Å². The highest BCUT2D eigenvalue weighted by Gasteiger charge is 2.23. The molecule has 0 unspecified atom stereocenters. The number of aryl methyl sites for hydroxylation is 1. The van der Waals surface area contributed by atoms with Gasteiger partial charge in [0.2, 0.25) is 11.6 Å². The van der Waals surface area contributed by atoms with Gasteiger partial charge in [0.05, 0.1) is 18.1 Å². The van der Waals surface area contributed by atoms with Crippen LogP contribution in [0, 0.1) is 17.0 Å². The van der Waals surface area contributed by atoms with Gasteiger partial charge < -0.3 is 15.4 Å². The minimum atomic E-state index is -0.491. The van der Waals surface area contributed by atoms with Crippen molar-refractivity contribution in [3.8, 4) is 0 Å². The van der Waals surface area contributed by atoms with Crippen LogP contribution in [0.5, 0.6) is 0 Å². The SMILES string of the molecule is Cc1ccnc(Nc2ncnc(NCCN3CCOCC3)c2[N+](=O)[O-])c1. The van der Waals surface area contributed by atoms with Crippen molar-refractivity contribution in [3.63, 3.8) is 0 Å². The van der Waals surface area contributed by atoms with Gasteiger partial charge >= 0.3 is 5.69 Å². The highest BCUT2D eigenvalue weighted by molar-refractivity contribution is 5.72. The first-order chi connectivity index (χ1) is 12.6. The molecule has 0 radical (unpaired) electrons. The number of hydrogen-bond donors (Lipinski definition) is 2. The Morgan fingerprint density at radius 3 is 2.77 bits per heavy atom. The monoisotopic (exact) mass is 359 g/mol. The molecule has 0 atom stereocenters. The number of nitrogens with zero attached hydrogens (tertiary/aromatic N) is 5. The van der Waals surface area contributed by atoms with Crippen LogP contribution in [0.4, 0.5) is 23.1 Å². The summed E-state index contributed by atoms with van der Waals surface area (Å²) >= 11 is 0. The van der Waals surface area contributed by atoms with Crippen LogP contribution in [-0.4, -0.2) is 64.2 Å². The average molecular weight is 359 g/mol. The van der Waals surface area contributed by atoms with Gasteiger partial charge in [-0.15, -0.1) is 0 Å². The summed E-state index contributed by atoms with van der Waals surface area (Å²) in [6.45, 7) is 6.36. The summed E-state index contributed by atoms with van der Waals surface area (Å²) in [7, 11) is 0. The van der Waals surface area contributed by atoms with E-state index in [4.69, 9.17) is 4.74 Å². The molecule has 0 bridgehead atoms. The minimum absolute atomic E-state index is 0.108. The number of rotatable bonds is 7. The molecule has 1 aliphatic rings. The lowest BCUT2D eigenvalue weighted by Gasteiger charge is -2.26. The number of nitrogens with one attached hydrogen (secondary N) is 2. The molecule has 10 heteroatoms. The molecule has 2 N–H and O–H groups in total. The Labute approximate surface area is 150 Å². The van der Waals surface area contributed by atoms with E-state index in [2.05, 4.69) is 30.5 Å². The Morgan fingerprint density at radius 1 is 1.27 bits per heavy atom. The zero-order chi connectivity index (χ0) is 18.4. The highest BCUT2D eigenvalue weighted by atomic mass is 16.6. The van der Waals surface area contributed by atoms with Crippen molar-refractivity contribution in [2.45, 2.75) is 6.92 Å². The fourth-order valence-corrected chi connectivity index (χ4v) is 2.66. The first-order valence-electron chi connectivity index (χ1n) is 8.36. The lowest BCUT2D eigenvalue weighted by atomic mass is 10.3. The third kappa shape index (κ3) is 4.61. The van der Waals surface area contributed by atoms with Gasteiger partial charge in [-0.25, -0.2) is 15.0 Å². The topological polar surface area (TPSA) is 118 Å². The minimum Gasteiger partial charge on any atom is -0.379 e. The van der Waals surface area contributed by atoms with E-state index in [1.807, 2.05) is 13.0 Å². The Hall–Kier alpha value is -2.85. The van der Waals surface area contributed by atoms with Crippen LogP contribution in [-0.2, 0) is 4.74 Å². The van der Waals surface area contributed by atoms with E-state index in [9.17, 15) is 10.1 Å². The Kier molecular flexibility index (Phi) is 5.87. The average Bonchev–Trinajstić information content (AvgIpc) is 2.62. The molecule has 1 fully saturated rings. The molecule has 0 amide bonds. The van der Waals surface area contributed by atoms with E-state index < -0.39 is 4.92 Å². The lowest BCUT2D eigenvalue weighted by molar-refractivity contribution is -0.383. The molecule has 1 aliphatic heterocycles. The van der Waals surface area contributed by atoms with Gasteiger partial charge in [0.15, 0.2) is 0 Å². The third-order valence-corrected chi connectivity index (χ3v) is 3.99. The summed E-state index contributed by atoms with van der Waals surface area (Å²) < 4.78 is 5.31. The summed E-state index contributed by atoms with van der Waals surface area (Å²) in [5.74, 6) is 0.788. The van der Waals surface area contributed by atoms with Crippen molar-refractivity contribution in [2.24, 2.45) is 0 Å². The van der Waals surface area contributed by atoms with E-state index in [1.54, 1.807) is 12.3 Å². The first kappa shape index (κ1) is 18.0. The van der Waals surface area contributed by atoms with E-state index in [0.717, 1.165) is 25.2 Å². The number of pyridine rings is 1. The molecule has 3 rings (SSSR count). The van der Waals surface area contributed by atoms with E-state index in [1.165, 1.54) is 6.33 Å². The van der Waals surface area contributed by atoms with Crippen molar-refractivity contribution >= 4 is 23.1 Å². The molecule has 1 saturated heterocycles. The number of hydrogen-bond acceptors (Lipinski definition) is 9. The zero-order valence-corrected chi connectivity index (χ0v) is 14.5. The molecule has 0 saturated carbocycles. The lowest BCUT2D eigenvalue weighted by Crippen LogP contribution is -2.39. The van der Waals surface area contributed by atoms with Gasteiger partial charge in [0, 0.05) is 32.4 Å². The Balaban J connectivity index is 1.72. The van der Waals surface area contributed by atoms with Crippen molar-refractivity contribution in [2.75, 3.05) is 50.0 Å². The van der Waals surface area contributed by atoms with Crippen molar-refractivity contribution in [3.05, 3.63) is 40.3 Å². The molecule has 10 nitrogen and oxygen atoms in total. The van der Waals surface area contributed by atoms with Gasteiger partial charge in [-0.3, -0.25) is 15.0 Å². The molecular weight excluding hydrogens is 338 g/mol. The first-order valence-corrected chi connectivity index (χ1v) is 8.36. The maximum absolute atomic E-state index is 11.6. The number of aromatic nitrogens is 3. The summed E-state index contributed by atoms with van der Waals surface area (Å²) in [5.41, 5.74) is 0.792. The van der Waals surface area contributed by atoms with Crippen LogP contribution in [0.2, 0.25) is 0 Å². The number of anilines is 3. The van der Waals surface area contributed by atoms with Gasteiger partial charge in [-0.05, 0) is 24.6 Å². The van der Waals surface area contributed by atoms with Crippen LogP contribution in [0.1, 0.15) is 5.56 Å². The second-order valence-electron chi connectivity index (χ2n) is 5.90. The van der Waals surface area contributed by atoms with Crippen molar-refractivity contribution < 1.29 is 9.66 Å².